The summed E-state index contributed by atoms with van der Waals surface area (Å²) >= 11 is 0. The maximum Gasteiger partial charge on any atom is 0.135 e. The average molecular weight is 727 g/mol. The fraction of sp³-hybridized carbons (Fsp3) is 0. The summed E-state index contributed by atoms with van der Waals surface area (Å²) in [6, 6.07) is 74.6. The highest BCUT2D eigenvalue weighted by molar-refractivity contribution is 6.13. The monoisotopic (exact) mass is 726 g/mol. The van der Waals surface area contributed by atoms with Gasteiger partial charge in [0.05, 0.1) is 22.1 Å². The zero-order valence-corrected chi connectivity index (χ0v) is 30.9. The first-order valence-corrected chi connectivity index (χ1v) is 19.5. The van der Waals surface area contributed by atoms with Crippen LogP contribution in [-0.4, -0.2) is 9.13 Å². The van der Waals surface area contributed by atoms with Crippen molar-refractivity contribution in [3.8, 4) is 44.8 Å². The molecule has 0 unspecified atom stereocenters. The van der Waals surface area contributed by atoms with E-state index in [1.807, 2.05) is 12.1 Å². The molecule has 57 heavy (non-hydrogen) atoms. The Morgan fingerprint density at radius 3 is 1.39 bits per heavy atom. The molecule has 0 spiro atoms. The Hall–Kier alpha value is -7.62. The van der Waals surface area contributed by atoms with E-state index in [1.54, 1.807) is 0 Å². The molecule has 0 atom stereocenters. The Balaban J connectivity index is 1.00. The minimum atomic E-state index is 0.913. The van der Waals surface area contributed by atoms with Crippen LogP contribution in [0.25, 0.3) is 110 Å². The highest BCUT2D eigenvalue weighted by atomic mass is 16.3. The van der Waals surface area contributed by atoms with Crippen LogP contribution in [0, 0.1) is 0 Å². The van der Waals surface area contributed by atoms with Gasteiger partial charge in [0.2, 0.25) is 0 Å². The van der Waals surface area contributed by atoms with Gasteiger partial charge in [-0.1, -0.05) is 121 Å². The first-order valence-electron chi connectivity index (χ1n) is 19.5. The van der Waals surface area contributed by atoms with Crippen LogP contribution in [0.2, 0.25) is 0 Å². The lowest BCUT2D eigenvalue weighted by atomic mass is 10.00. The molecule has 9 aromatic carbocycles. The lowest BCUT2D eigenvalue weighted by molar-refractivity contribution is 0.669. The van der Waals surface area contributed by atoms with E-state index in [4.69, 9.17) is 4.42 Å². The van der Waals surface area contributed by atoms with Crippen molar-refractivity contribution in [3.63, 3.8) is 0 Å². The van der Waals surface area contributed by atoms with Crippen LogP contribution < -0.4 is 0 Å². The third kappa shape index (κ3) is 4.99. The van der Waals surface area contributed by atoms with Crippen LogP contribution in [0.1, 0.15) is 0 Å². The van der Waals surface area contributed by atoms with Gasteiger partial charge in [0, 0.05) is 43.7 Å². The van der Waals surface area contributed by atoms with Crippen molar-refractivity contribution >= 4 is 65.6 Å². The zero-order chi connectivity index (χ0) is 37.5. The summed E-state index contributed by atoms with van der Waals surface area (Å²) in [5.74, 6) is 0. The van der Waals surface area contributed by atoms with Crippen LogP contribution in [0.5, 0.6) is 0 Å². The van der Waals surface area contributed by atoms with Gasteiger partial charge in [-0.15, -0.1) is 0 Å². The molecule has 0 aliphatic heterocycles. The second-order valence-electron chi connectivity index (χ2n) is 14.9. The quantitative estimate of drug-likeness (QED) is 0.173. The highest BCUT2D eigenvalue weighted by Gasteiger charge is 2.17. The second kappa shape index (κ2) is 12.5. The van der Waals surface area contributed by atoms with Crippen molar-refractivity contribution in [2.45, 2.75) is 0 Å². The van der Waals surface area contributed by atoms with Crippen molar-refractivity contribution in [2.24, 2.45) is 0 Å². The smallest absolute Gasteiger partial charge is 0.135 e. The Kier molecular flexibility index (Phi) is 6.93. The molecule has 266 valence electrons. The maximum absolute atomic E-state index is 6.14. The lowest BCUT2D eigenvalue weighted by Gasteiger charge is -2.11. The molecule has 3 aromatic heterocycles. The van der Waals surface area contributed by atoms with E-state index < -0.39 is 0 Å². The number of hydrogen-bond acceptors (Lipinski definition) is 1. The number of nitrogens with zero attached hydrogens (tertiary/aromatic N) is 2. The minimum absolute atomic E-state index is 0.913. The van der Waals surface area contributed by atoms with Gasteiger partial charge in [0.1, 0.15) is 11.2 Å². The first kappa shape index (κ1) is 31.7. The molecular formula is C54H34N2O. The molecule has 3 nitrogen and oxygen atoms in total. The van der Waals surface area contributed by atoms with E-state index in [0.717, 1.165) is 33.3 Å². The predicted molar refractivity (Wildman–Crippen MR) is 239 cm³/mol. The van der Waals surface area contributed by atoms with Crippen molar-refractivity contribution in [1.82, 2.24) is 9.13 Å². The van der Waals surface area contributed by atoms with Crippen LogP contribution >= 0.6 is 0 Å². The Labute approximate surface area is 328 Å². The molecule has 0 amide bonds. The second-order valence-corrected chi connectivity index (χ2v) is 14.9. The summed E-state index contributed by atoms with van der Waals surface area (Å²) in [4.78, 5) is 0. The van der Waals surface area contributed by atoms with Gasteiger partial charge < -0.3 is 13.6 Å². The average Bonchev–Trinajstić information content (AvgIpc) is 3.93. The lowest BCUT2D eigenvalue weighted by Crippen LogP contribution is -1.94. The van der Waals surface area contributed by atoms with E-state index >= 15 is 0 Å². The molecule has 0 N–H and O–H groups in total. The van der Waals surface area contributed by atoms with Gasteiger partial charge >= 0.3 is 0 Å². The minimum Gasteiger partial charge on any atom is -0.456 e. The van der Waals surface area contributed by atoms with Gasteiger partial charge in [0.25, 0.3) is 0 Å². The molecule has 0 aliphatic carbocycles. The molecule has 12 rings (SSSR count). The van der Waals surface area contributed by atoms with Gasteiger partial charge in [-0.2, -0.15) is 0 Å². The summed E-state index contributed by atoms with van der Waals surface area (Å²) in [5, 5.41) is 7.23. The third-order valence-corrected chi connectivity index (χ3v) is 11.7. The third-order valence-electron chi connectivity index (χ3n) is 11.7. The van der Waals surface area contributed by atoms with Crippen molar-refractivity contribution in [3.05, 3.63) is 206 Å². The molecular weight excluding hydrogens is 693 g/mol. The molecule has 12 aromatic rings. The highest BCUT2D eigenvalue weighted by Crippen LogP contribution is 2.40. The van der Waals surface area contributed by atoms with E-state index in [9.17, 15) is 0 Å². The van der Waals surface area contributed by atoms with Crippen LogP contribution in [-0.2, 0) is 0 Å². The summed E-state index contributed by atoms with van der Waals surface area (Å²) in [7, 11) is 0. The Bertz CT molecular complexity index is 3510. The van der Waals surface area contributed by atoms with E-state index in [1.165, 1.54) is 77.0 Å². The van der Waals surface area contributed by atoms with Gasteiger partial charge in [-0.25, -0.2) is 0 Å². The number of para-hydroxylation sites is 3. The Morgan fingerprint density at radius 2 is 0.684 bits per heavy atom. The summed E-state index contributed by atoms with van der Waals surface area (Å²) < 4.78 is 10.9. The summed E-state index contributed by atoms with van der Waals surface area (Å²) in [6.45, 7) is 0. The topological polar surface area (TPSA) is 23.0 Å². The fourth-order valence-corrected chi connectivity index (χ4v) is 9.03. The molecule has 0 aliphatic rings. The van der Waals surface area contributed by atoms with Gasteiger partial charge in [0.15, 0.2) is 0 Å². The van der Waals surface area contributed by atoms with E-state index in [-0.39, 0.29) is 0 Å². The van der Waals surface area contributed by atoms with Crippen LogP contribution in [0.4, 0.5) is 0 Å². The number of benzene rings is 9. The van der Waals surface area contributed by atoms with E-state index in [2.05, 4.69) is 203 Å². The molecule has 0 saturated carbocycles. The van der Waals surface area contributed by atoms with E-state index in [0.29, 0.717) is 0 Å². The SMILES string of the molecule is c1ccc(-c2ccc3c(c2)c2cc(-c4cccc(-n5c6ccccc6c6cc(-c7ccc8oc9ccccc9c8c7)ccc65)c4)ccc2n3-c2ccccc2)cc1. The largest absolute Gasteiger partial charge is 0.456 e. The molecule has 0 bridgehead atoms. The maximum atomic E-state index is 6.14. The number of hydrogen-bond donors (Lipinski definition) is 0. The molecule has 0 radical (unpaired) electrons. The standard InChI is InChI=1S/C54H34N2O/c1-3-12-35(13-4-1)37-22-26-51-46(31-37)47-33-38(23-28-52(47)55(51)41-15-5-2-6-16-41)36-14-11-17-42(30-36)56-49-20-9-7-18-43(49)45-32-39(24-27-50(45)56)40-25-29-54-48(34-40)44-19-8-10-21-53(44)57-54/h1-34H. The number of furan rings is 1. The summed E-state index contributed by atoms with van der Waals surface area (Å²) in [5.41, 5.74) is 16.0. The van der Waals surface area contributed by atoms with Gasteiger partial charge in [-0.05, 0) is 118 Å². The fourth-order valence-electron chi connectivity index (χ4n) is 9.03. The van der Waals surface area contributed by atoms with Crippen molar-refractivity contribution in [2.75, 3.05) is 0 Å². The molecule has 3 heteroatoms. The van der Waals surface area contributed by atoms with Crippen molar-refractivity contribution < 1.29 is 4.42 Å². The van der Waals surface area contributed by atoms with Crippen LogP contribution in [0.15, 0.2) is 211 Å². The summed E-state index contributed by atoms with van der Waals surface area (Å²) in [6.07, 6.45) is 0. The molecule has 0 saturated heterocycles. The number of rotatable bonds is 5. The van der Waals surface area contributed by atoms with Crippen molar-refractivity contribution in [1.29, 1.82) is 0 Å². The molecule has 3 heterocycles. The normalized spacial score (nSPS) is 11.9. The Morgan fingerprint density at radius 1 is 0.246 bits per heavy atom. The molecule has 0 fully saturated rings. The van der Waals surface area contributed by atoms with Gasteiger partial charge in [-0.3, -0.25) is 0 Å². The first-order chi connectivity index (χ1) is 28.2. The number of aromatic nitrogens is 2. The predicted octanol–water partition coefficient (Wildman–Crippen LogP) is 14.8. The zero-order valence-electron chi connectivity index (χ0n) is 30.9. The van der Waals surface area contributed by atoms with Crippen LogP contribution in [0.3, 0.4) is 0 Å². The number of fused-ring (bicyclic) bond motifs is 9.